The second-order valence-corrected chi connectivity index (χ2v) is 6.44. The van der Waals surface area contributed by atoms with Gasteiger partial charge < -0.3 is 15.6 Å². The molecule has 0 spiro atoms. The third-order valence-electron chi connectivity index (χ3n) is 3.59. The van der Waals surface area contributed by atoms with Crippen LogP contribution in [0.4, 0.5) is 0 Å². The highest BCUT2D eigenvalue weighted by atomic mass is 32.2. The van der Waals surface area contributed by atoms with Gasteiger partial charge in [0, 0.05) is 18.2 Å². The van der Waals surface area contributed by atoms with Crippen LogP contribution in [0, 0.1) is 0 Å². The molecule has 0 aliphatic carbocycles. The van der Waals surface area contributed by atoms with Crippen molar-refractivity contribution in [3.05, 3.63) is 40.2 Å². The third-order valence-corrected chi connectivity index (χ3v) is 4.47. The number of primary amides is 1. The van der Waals surface area contributed by atoms with Crippen LogP contribution in [0.15, 0.2) is 34.0 Å². The van der Waals surface area contributed by atoms with E-state index in [2.05, 4.69) is 0 Å². The maximum Gasteiger partial charge on any atom is 0.298 e. The van der Waals surface area contributed by atoms with Crippen molar-refractivity contribution in [1.29, 1.82) is 0 Å². The molecule has 0 bridgehead atoms. The van der Waals surface area contributed by atoms with Crippen LogP contribution in [-0.2, 0) is 16.7 Å². The first-order valence-electron chi connectivity index (χ1n) is 7.04. The molecule has 2 rings (SSSR count). The number of rotatable bonds is 5. The number of benzene rings is 1. The van der Waals surface area contributed by atoms with E-state index in [9.17, 15) is 27.7 Å². The summed E-state index contributed by atoms with van der Waals surface area (Å²) in [6.45, 7) is 1.69. The molecule has 0 fully saturated rings. The van der Waals surface area contributed by atoms with Crippen molar-refractivity contribution in [2.24, 2.45) is 5.73 Å². The Hall–Kier alpha value is -2.85. The summed E-state index contributed by atoms with van der Waals surface area (Å²) in [4.78, 5) is 23.6. The molecule has 10 heteroatoms. The Morgan fingerprint density at radius 2 is 1.96 bits per heavy atom. The Morgan fingerprint density at radius 1 is 1.32 bits per heavy atom. The number of nitrogens with two attached hydrogens (primary N) is 1. The summed E-state index contributed by atoms with van der Waals surface area (Å²) < 4.78 is 38.2. The zero-order valence-corrected chi connectivity index (χ0v) is 14.2. The first-order chi connectivity index (χ1) is 11.6. The van der Waals surface area contributed by atoms with Gasteiger partial charge in [-0.3, -0.25) is 18.7 Å². The zero-order chi connectivity index (χ0) is 18.9. The predicted octanol–water partition coefficient (Wildman–Crippen LogP) is 0.595. The van der Waals surface area contributed by atoms with Gasteiger partial charge in [0.15, 0.2) is 5.88 Å². The van der Waals surface area contributed by atoms with Crippen molar-refractivity contribution in [2.45, 2.75) is 18.4 Å². The molecule has 0 saturated heterocycles. The average molecular weight is 368 g/mol. The smallest absolute Gasteiger partial charge is 0.298 e. The van der Waals surface area contributed by atoms with E-state index in [0.717, 1.165) is 16.7 Å². The van der Waals surface area contributed by atoms with E-state index in [1.54, 1.807) is 6.92 Å². The summed E-state index contributed by atoms with van der Waals surface area (Å²) in [6, 6.07) is 4.75. The van der Waals surface area contributed by atoms with Crippen LogP contribution in [0.25, 0.3) is 11.1 Å². The molecule has 25 heavy (non-hydrogen) atoms. The number of carbonyl (C=O) groups excluding carboxylic acids is 1. The predicted molar refractivity (Wildman–Crippen MR) is 88.4 cm³/mol. The number of hydrogen-bond donors (Lipinski definition) is 3. The van der Waals surface area contributed by atoms with Crippen molar-refractivity contribution in [3.8, 4) is 22.8 Å². The van der Waals surface area contributed by atoms with Gasteiger partial charge in [-0.25, -0.2) is 0 Å². The van der Waals surface area contributed by atoms with Gasteiger partial charge in [0.1, 0.15) is 16.2 Å². The summed E-state index contributed by atoms with van der Waals surface area (Å²) in [7, 11) is -3.41. The van der Waals surface area contributed by atoms with Gasteiger partial charge >= 0.3 is 0 Å². The van der Waals surface area contributed by atoms with Gasteiger partial charge in [0.05, 0.1) is 7.11 Å². The number of aromatic nitrogens is 1. The van der Waals surface area contributed by atoms with Crippen LogP contribution < -0.4 is 16.0 Å². The number of carbonyl (C=O) groups is 1. The molecule has 2 aromatic rings. The topological polar surface area (TPSA) is 149 Å². The fourth-order valence-corrected chi connectivity index (χ4v) is 3.13. The minimum Gasteiger partial charge on any atom is -0.495 e. The lowest BCUT2D eigenvalue weighted by molar-refractivity contribution is 0.0999. The second-order valence-electron chi connectivity index (χ2n) is 5.05. The number of amides is 1. The number of methoxy groups -OCH3 is 1. The van der Waals surface area contributed by atoms with Gasteiger partial charge in [0.25, 0.3) is 21.6 Å². The molecule has 0 unspecified atom stereocenters. The summed E-state index contributed by atoms with van der Waals surface area (Å²) in [5, 5.41) is 9.99. The first-order valence-corrected chi connectivity index (χ1v) is 8.48. The van der Waals surface area contributed by atoms with Gasteiger partial charge in [0.2, 0.25) is 0 Å². The lowest BCUT2D eigenvalue weighted by Gasteiger charge is -2.14. The molecule has 0 aliphatic rings. The number of aromatic hydroxyl groups is 1. The standard InChI is InChI=1S/C15H16N2O7S/c1-3-17-12(18)7-9(13(14(16)19)15(17)20)8-4-5-10(24-2)11(6-8)25(21,22)23/h4-7,18H,3H2,1-2H3,(H2,16,19)(H,21,22,23). The highest BCUT2D eigenvalue weighted by Gasteiger charge is 2.23. The second kappa shape index (κ2) is 6.57. The van der Waals surface area contributed by atoms with Gasteiger partial charge in [-0.05, 0) is 24.6 Å². The average Bonchev–Trinajstić information content (AvgIpc) is 2.52. The van der Waals surface area contributed by atoms with Crippen LogP contribution in [0.5, 0.6) is 11.6 Å². The normalized spacial score (nSPS) is 11.3. The molecule has 1 aromatic carbocycles. The van der Waals surface area contributed by atoms with Crippen LogP contribution >= 0.6 is 0 Å². The van der Waals surface area contributed by atoms with E-state index in [-0.39, 0.29) is 23.4 Å². The van der Waals surface area contributed by atoms with E-state index in [4.69, 9.17) is 10.5 Å². The summed E-state index contributed by atoms with van der Waals surface area (Å²) in [5.41, 5.74) is 4.08. The van der Waals surface area contributed by atoms with Crippen LogP contribution in [0.3, 0.4) is 0 Å². The molecule has 1 aromatic heterocycles. The Morgan fingerprint density at radius 3 is 2.44 bits per heavy atom. The van der Waals surface area contributed by atoms with Gasteiger partial charge in [-0.1, -0.05) is 6.07 Å². The van der Waals surface area contributed by atoms with Crippen LogP contribution in [0.1, 0.15) is 17.3 Å². The minimum absolute atomic E-state index is 0.0627. The zero-order valence-electron chi connectivity index (χ0n) is 13.4. The van der Waals surface area contributed by atoms with Crippen molar-refractivity contribution in [1.82, 2.24) is 4.57 Å². The maximum atomic E-state index is 12.4. The minimum atomic E-state index is -4.63. The fourth-order valence-electron chi connectivity index (χ4n) is 2.45. The Balaban J connectivity index is 2.88. The number of ether oxygens (including phenoxy) is 1. The molecule has 134 valence electrons. The molecular weight excluding hydrogens is 352 g/mol. The molecular formula is C15H16N2O7S. The highest BCUT2D eigenvalue weighted by Crippen LogP contribution is 2.32. The summed E-state index contributed by atoms with van der Waals surface area (Å²) in [6.07, 6.45) is 0. The SMILES string of the molecule is CCn1c(O)cc(-c2ccc(OC)c(S(=O)(=O)O)c2)c(C(N)=O)c1=O. The van der Waals surface area contributed by atoms with E-state index in [1.165, 1.54) is 19.2 Å². The number of hydrogen-bond acceptors (Lipinski definition) is 6. The molecule has 1 heterocycles. The maximum absolute atomic E-state index is 12.4. The Labute approximate surface area is 143 Å². The van der Waals surface area contributed by atoms with E-state index in [1.807, 2.05) is 0 Å². The van der Waals surface area contributed by atoms with E-state index >= 15 is 0 Å². The number of pyridine rings is 1. The fraction of sp³-hybridized carbons (Fsp3) is 0.200. The monoisotopic (exact) mass is 368 g/mol. The summed E-state index contributed by atoms with van der Waals surface area (Å²) in [5.74, 6) is -1.58. The van der Waals surface area contributed by atoms with Crippen molar-refractivity contribution >= 4 is 16.0 Å². The first kappa shape index (κ1) is 18.5. The summed E-state index contributed by atoms with van der Waals surface area (Å²) >= 11 is 0. The van der Waals surface area contributed by atoms with Gasteiger partial charge in [-0.2, -0.15) is 8.42 Å². The lowest BCUT2D eigenvalue weighted by atomic mass is 10.0. The van der Waals surface area contributed by atoms with Crippen LogP contribution in [0.2, 0.25) is 0 Å². The molecule has 4 N–H and O–H groups in total. The van der Waals surface area contributed by atoms with Crippen molar-refractivity contribution < 1.29 is 27.6 Å². The highest BCUT2D eigenvalue weighted by molar-refractivity contribution is 7.86. The largest absolute Gasteiger partial charge is 0.495 e. The molecule has 0 aliphatic heterocycles. The van der Waals surface area contributed by atoms with Crippen molar-refractivity contribution in [2.75, 3.05) is 7.11 Å². The van der Waals surface area contributed by atoms with E-state index in [0.29, 0.717) is 0 Å². The van der Waals surface area contributed by atoms with E-state index < -0.39 is 37.9 Å². The molecule has 0 radical (unpaired) electrons. The Kier molecular flexibility index (Phi) is 4.86. The molecule has 0 atom stereocenters. The lowest BCUT2D eigenvalue weighted by Crippen LogP contribution is -2.30. The van der Waals surface area contributed by atoms with Gasteiger partial charge in [-0.15, -0.1) is 0 Å². The quantitative estimate of drug-likeness (QED) is 0.654. The molecule has 9 nitrogen and oxygen atoms in total. The van der Waals surface area contributed by atoms with Crippen LogP contribution in [-0.4, -0.2) is 35.7 Å². The third kappa shape index (κ3) is 3.35. The number of nitrogens with zero attached hydrogens (tertiary/aromatic N) is 1. The van der Waals surface area contributed by atoms with Crippen molar-refractivity contribution in [3.63, 3.8) is 0 Å². The molecule has 0 saturated carbocycles. The Bertz CT molecular complexity index is 1010. The molecule has 1 amide bonds.